The third-order valence-corrected chi connectivity index (χ3v) is 5.55. The summed E-state index contributed by atoms with van der Waals surface area (Å²) in [5.41, 5.74) is 3.27. The Hall–Kier alpha value is -2.34. The van der Waals surface area contributed by atoms with Crippen LogP contribution in [0.1, 0.15) is 24.5 Å². The number of nitrogens with one attached hydrogen (secondary N) is 1. The number of benzene rings is 2. The second-order valence-electron chi connectivity index (χ2n) is 6.04. The SMILES string of the molecule is CC(=O)N1CCCc2ccc(S(=O)(=O)Nc3ccc(C)cc3)cc21. The molecule has 1 N–H and O–H groups in total. The van der Waals surface area contributed by atoms with Crippen molar-refractivity contribution in [3.05, 3.63) is 53.6 Å². The molecule has 0 unspecified atom stereocenters. The van der Waals surface area contributed by atoms with E-state index >= 15 is 0 Å². The van der Waals surface area contributed by atoms with E-state index < -0.39 is 10.0 Å². The molecule has 126 valence electrons. The van der Waals surface area contributed by atoms with E-state index in [9.17, 15) is 13.2 Å². The first kappa shape index (κ1) is 16.5. The van der Waals surface area contributed by atoms with Gasteiger partial charge in [0.25, 0.3) is 10.0 Å². The summed E-state index contributed by atoms with van der Waals surface area (Å²) in [7, 11) is -3.70. The molecule has 0 radical (unpaired) electrons. The first-order chi connectivity index (χ1) is 11.4. The van der Waals surface area contributed by atoms with Crippen molar-refractivity contribution in [1.29, 1.82) is 0 Å². The van der Waals surface area contributed by atoms with E-state index in [0.717, 1.165) is 24.0 Å². The van der Waals surface area contributed by atoms with Crippen LogP contribution in [0.15, 0.2) is 47.4 Å². The van der Waals surface area contributed by atoms with Crippen LogP contribution in [-0.4, -0.2) is 20.9 Å². The first-order valence-corrected chi connectivity index (χ1v) is 9.36. The third kappa shape index (κ3) is 3.28. The van der Waals surface area contributed by atoms with Crippen molar-refractivity contribution in [1.82, 2.24) is 0 Å². The standard InChI is InChI=1S/C18H20N2O3S/c1-13-5-8-16(9-6-13)19-24(22,23)17-10-7-15-4-3-11-20(14(2)21)18(15)12-17/h5-10,12,19H,3-4,11H2,1-2H3. The molecule has 2 aromatic carbocycles. The van der Waals surface area contributed by atoms with Gasteiger partial charge in [-0.05, 0) is 49.6 Å². The Balaban J connectivity index is 1.95. The number of amides is 1. The van der Waals surface area contributed by atoms with Crippen LogP contribution in [0, 0.1) is 6.92 Å². The molecule has 1 aliphatic rings. The van der Waals surface area contributed by atoms with E-state index in [1.54, 1.807) is 35.2 Å². The van der Waals surface area contributed by atoms with Gasteiger partial charge >= 0.3 is 0 Å². The van der Waals surface area contributed by atoms with E-state index in [1.165, 1.54) is 6.92 Å². The van der Waals surface area contributed by atoms with Gasteiger partial charge in [0.05, 0.1) is 4.90 Å². The molecular weight excluding hydrogens is 324 g/mol. The number of hydrogen-bond donors (Lipinski definition) is 1. The maximum atomic E-state index is 12.6. The zero-order valence-electron chi connectivity index (χ0n) is 13.7. The fraction of sp³-hybridized carbons (Fsp3) is 0.278. The quantitative estimate of drug-likeness (QED) is 0.930. The van der Waals surface area contributed by atoms with E-state index in [1.807, 2.05) is 19.1 Å². The molecule has 2 aromatic rings. The molecule has 0 bridgehead atoms. The van der Waals surface area contributed by atoms with Crippen molar-refractivity contribution in [2.45, 2.75) is 31.6 Å². The Morgan fingerprint density at radius 3 is 2.50 bits per heavy atom. The number of nitrogens with zero attached hydrogens (tertiary/aromatic N) is 1. The molecule has 3 rings (SSSR count). The zero-order chi connectivity index (χ0) is 17.3. The van der Waals surface area contributed by atoms with Gasteiger partial charge in [-0.3, -0.25) is 9.52 Å². The van der Waals surface area contributed by atoms with Gasteiger partial charge in [0.15, 0.2) is 0 Å². The molecule has 1 amide bonds. The van der Waals surface area contributed by atoms with E-state index in [-0.39, 0.29) is 10.8 Å². The molecule has 1 aliphatic heterocycles. The lowest BCUT2D eigenvalue weighted by Crippen LogP contribution is -2.33. The summed E-state index contributed by atoms with van der Waals surface area (Å²) < 4.78 is 27.8. The minimum absolute atomic E-state index is 0.0722. The van der Waals surface area contributed by atoms with Gasteiger partial charge in [-0.15, -0.1) is 0 Å². The van der Waals surface area contributed by atoms with Gasteiger partial charge in [0.2, 0.25) is 5.91 Å². The molecule has 0 saturated carbocycles. The number of fused-ring (bicyclic) bond motifs is 1. The van der Waals surface area contributed by atoms with Crippen LogP contribution in [0.3, 0.4) is 0 Å². The topological polar surface area (TPSA) is 66.5 Å². The Bertz CT molecular complexity index is 874. The Morgan fingerprint density at radius 1 is 1.12 bits per heavy atom. The summed E-state index contributed by atoms with van der Waals surface area (Å²) in [4.78, 5) is 13.6. The van der Waals surface area contributed by atoms with Gasteiger partial charge in [-0.1, -0.05) is 23.8 Å². The molecule has 0 spiro atoms. The lowest BCUT2D eigenvalue weighted by atomic mass is 10.0. The average molecular weight is 344 g/mol. The minimum atomic E-state index is -3.70. The van der Waals surface area contributed by atoms with Crippen LogP contribution in [-0.2, 0) is 21.2 Å². The van der Waals surface area contributed by atoms with Gasteiger partial charge in [0.1, 0.15) is 0 Å². The summed E-state index contributed by atoms with van der Waals surface area (Å²) in [6.07, 6.45) is 1.74. The van der Waals surface area contributed by atoms with Crippen LogP contribution in [0.2, 0.25) is 0 Å². The fourth-order valence-corrected chi connectivity index (χ4v) is 3.96. The van der Waals surface area contributed by atoms with Crippen LogP contribution in [0.5, 0.6) is 0 Å². The monoisotopic (exact) mass is 344 g/mol. The maximum Gasteiger partial charge on any atom is 0.261 e. The van der Waals surface area contributed by atoms with E-state index in [0.29, 0.717) is 17.9 Å². The smallest absolute Gasteiger partial charge is 0.261 e. The molecule has 5 nitrogen and oxygen atoms in total. The number of aryl methyl sites for hydroxylation is 2. The number of sulfonamides is 1. The van der Waals surface area contributed by atoms with Crippen LogP contribution >= 0.6 is 0 Å². The second-order valence-corrected chi connectivity index (χ2v) is 7.72. The normalized spacial score (nSPS) is 14.2. The summed E-state index contributed by atoms with van der Waals surface area (Å²) in [5, 5.41) is 0. The highest BCUT2D eigenvalue weighted by atomic mass is 32.2. The van der Waals surface area contributed by atoms with Crippen molar-refractivity contribution in [2.75, 3.05) is 16.2 Å². The number of carbonyl (C=O) groups is 1. The van der Waals surface area contributed by atoms with Crippen LogP contribution in [0.25, 0.3) is 0 Å². The number of rotatable bonds is 3. The molecule has 0 fully saturated rings. The number of anilines is 2. The Labute approximate surface area is 142 Å². The fourth-order valence-electron chi connectivity index (χ4n) is 2.88. The first-order valence-electron chi connectivity index (χ1n) is 7.87. The van der Waals surface area contributed by atoms with Crippen molar-refractivity contribution in [2.24, 2.45) is 0 Å². The third-order valence-electron chi connectivity index (χ3n) is 4.17. The average Bonchev–Trinajstić information content (AvgIpc) is 2.55. The molecule has 0 aromatic heterocycles. The minimum Gasteiger partial charge on any atom is -0.312 e. The molecule has 0 saturated heterocycles. The number of hydrogen-bond acceptors (Lipinski definition) is 3. The summed E-state index contributed by atoms with van der Waals surface area (Å²) in [6.45, 7) is 4.07. The van der Waals surface area contributed by atoms with E-state index in [4.69, 9.17) is 0 Å². The second kappa shape index (κ2) is 6.28. The van der Waals surface area contributed by atoms with Gasteiger partial charge < -0.3 is 4.90 Å². The molecular formula is C18H20N2O3S. The maximum absolute atomic E-state index is 12.6. The number of carbonyl (C=O) groups excluding carboxylic acids is 1. The highest BCUT2D eigenvalue weighted by Gasteiger charge is 2.23. The van der Waals surface area contributed by atoms with Gasteiger partial charge in [0, 0.05) is 24.8 Å². The van der Waals surface area contributed by atoms with Crippen molar-refractivity contribution in [3.8, 4) is 0 Å². The van der Waals surface area contributed by atoms with Crippen molar-refractivity contribution < 1.29 is 13.2 Å². The molecule has 0 atom stereocenters. The van der Waals surface area contributed by atoms with E-state index in [2.05, 4.69) is 4.72 Å². The zero-order valence-corrected chi connectivity index (χ0v) is 14.6. The summed E-state index contributed by atoms with van der Waals surface area (Å²) in [6, 6.07) is 12.1. The highest BCUT2D eigenvalue weighted by molar-refractivity contribution is 7.92. The highest BCUT2D eigenvalue weighted by Crippen LogP contribution is 2.30. The van der Waals surface area contributed by atoms with Crippen molar-refractivity contribution >= 4 is 27.3 Å². The molecule has 0 aliphatic carbocycles. The van der Waals surface area contributed by atoms with Crippen LogP contribution in [0.4, 0.5) is 11.4 Å². The molecule has 6 heteroatoms. The Morgan fingerprint density at radius 2 is 1.83 bits per heavy atom. The van der Waals surface area contributed by atoms with Gasteiger partial charge in [-0.2, -0.15) is 0 Å². The van der Waals surface area contributed by atoms with Crippen LogP contribution < -0.4 is 9.62 Å². The lowest BCUT2D eigenvalue weighted by Gasteiger charge is -2.29. The van der Waals surface area contributed by atoms with Crippen molar-refractivity contribution in [3.63, 3.8) is 0 Å². The van der Waals surface area contributed by atoms with Gasteiger partial charge in [-0.25, -0.2) is 8.42 Å². The molecule has 1 heterocycles. The predicted molar refractivity (Wildman–Crippen MR) is 94.8 cm³/mol. The summed E-state index contributed by atoms with van der Waals surface area (Å²) >= 11 is 0. The molecule has 24 heavy (non-hydrogen) atoms. The summed E-state index contributed by atoms with van der Waals surface area (Å²) in [5.74, 6) is -0.0722. The largest absolute Gasteiger partial charge is 0.312 e. The Kier molecular flexibility index (Phi) is 4.32. The predicted octanol–water partition coefficient (Wildman–Crippen LogP) is 3.09. The lowest BCUT2D eigenvalue weighted by molar-refractivity contribution is -0.116.